The summed E-state index contributed by atoms with van der Waals surface area (Å²) in [5.74, 6) is -2.21. The number of nitrogens with one attached hydrogen (secondary N) is 3. The van der Waals surface area contributed by atoms with E-state index in [9.17, 15) is 26.3 Å². The van der Waals surface area contributed by atoms with Gasteiger partial charge in [-0.1, -0.05) is 42.5 Å². The summed E-state index contributed by atoms with van der Waals surface area (Å²) in [6.45, 7) is 7.20. The van der Waals surface area contributed by atoms with Crippen LogP contribution in [0.15, 0.2) is 66.7 Å². The molecule has 0 radical (unpaired) electrons. The van der Waals surface area contributed by atoms with Crippen LogP contribution in [0.1, 0.15) is 11.1 Å². The number of benzene rings is 3. The number of carboxylic acids is 1. The topological polar surface area (TPSA) is 93.3 Å². The van der Waals surface area contributed by atoms with Gasteiger partial charge >= 0.3 is 18.3 Å². The van der Waals surface area contributed by atoms with Crippen LogP contribution in [0.5, 0.6) is 0 Å². The van der Waals surface area contributed by atoms with Crippen molar-refractivity contribution in [1.29, 1.82) is 0 Å². The summed E-state index contributed by atoms with van der Waals surface area (Å²) in [4.78, 5) is 18.9. The van der Waals surface area contributed by atoms with Gasteiger partial charge in [-0.25, -0.2) is 9.78 Å². The highest BCUT2D eigenvalue weighted by atomic mass is 19.4. The van der Waals surface area contributed by atoms with Gasteiger partial charge in [0.05, 0.1) is 16.6 Å². The zero-order valence-corrected chi connectivity index (χ0v) is 22.3. The molecule has 0 unspecified atom stereocenters. The van der Waals surface area contributed by atoms with Gasteiger partial charge in [0.15, 0.2) is 0 Å². The molecule has 224 valence electrons. The second-order valence-corrected chi connectivity index (χ2v) is 9.66. The Balaban J connectivity index is 0.000000517. The van der Waals surface area contributed by atoms with Gasteiger partial charge < -0.3 is 20.7 Å². The smallest absolute Gasteiger partial charge is 0.475 e. The van der Waals surface area contributed by atoms with Crippen LogP contribution in [-0.2, 0) is 17.5 Å². The number of hydrogen-bond acceptors (Lipinski definition) is 5. The Hall–Kier alpha value is -3.94. The number of rotatable bonds is 7. The van der Waals surface area contributed by atoms with E-state index in [1.54, 1.807) is 0 Å². The summed E-state index contributed by atoms with van der Waals surface area (Å²) in [6, 6.07) is 19.9. The summed E-state index contributed by atoms with van der Waals surface area (Å²) >= 11 is 0. The Kier molecular flexibility index (Phi) is 9.86. The van der Waals surface area contributed by atoms with Crippen molar-refractivity contribution in [3.8, 4) is 22.5 Å². The van der Waals surface area contributed by atoms with Crippen LogP contribution in [0, 0.1) is 0 Å². The van der Waals surface area contributed by atoms with E-state index in [4.69, 9.17) is 9.90 Å². The lowest BCUT2D eigenvalue weighted by molar-refractivity contribution is -0.192. The summed E-state index contributed by atoms with van der Waals surface area (Å²) in [5.41, 5.74) is 4.34. The lowest BCUT2D eigenvalue weighted by atomic mass is 10.0. The summed E-state index contributed by atoms with van der Waals surface area (Å²) in [5, 5.41) is 14.0. The van der Waals surface area contributed by atoms with Crippen molar-refractivity contribution in [1.82, 2.24) is 25.5 Å². The maximum Gasteiger partial charge on any atom is 0.490 e. The Morgan fingerprint density at radius 2 is 1.57 bits per heavy atom. The first-order valence-corrected chi connectivity index (χ1v) is 13.1. The number of hydrogen-bond donors (Lipinski definition) is 4. The SMILES string of the molecule is FC(F)(F)c1ccc2nc(-c3cccc(-c4ccc(CNCCN5CCNCC5)cc4)c3)[nH]c2c1.O=C(O)C(F)(F)F. The number of nitrogens with zero attached hydrogens (tertiary/aromatic N) is 2. The van der Waals surface area contributed by atoms with Crippen molar-refractivity contribution in [3.63, 3.8) is 0 Å². The summed E-state index contributed by atoms with van der Waals surface area (Å²) < 4.78 is 70.8. The number of imidazole rings is 1. The van der Waals surface area contributed by atoms with Crippen LogP contribution in [-0.4, -0.2) is 71.4 Å². The van der Waals surface area contributed by atoms with Crippen LogP contribution in [0.3, 0.4) is 0 Å². The van der Waals surface area contributed by atoms with Crippen molar-refractivity contribution >= 4 is 17.0 Å². The number of alkyl halides is 6. The van der Waals surface area contributed by atoms with E-state index in [1.165, 1.54) is 11.6 Å². The molecule has 13 heteroatoms. The molecule has 7 nitrogen and oxygen atoms in total. The number of halogens is 6. The molecule has 4 N–H and O–H groups in total. The monoisotopic (exact) mass is 593 g/mol. The predicted octanol–water partition coefficient (Wildman–Crippen LogP) is 5.54. The number of carboxylic acid groups (broad SMARTS) is 1. The van der Waals surface area contributed by atoms with Gasteiger partial charge in [-0.3, -0.25) is 4.90 Å². The van der Waals surface area contributed by atoms with Crippen LogP contribution < -0.4 is 10.6 Å². The second kappa shape index (κ2) is 13.4. The molecule has 5 rings (SSSR count). The number of aromatic amines is 1. The minimum Gasteiger partial charge on any atom is -0.475 e. The largest absolute Gasteiger partial charge is 0.490 e. The highest BCUT2D eigenvalue weighted by Gasteiger charge is 2.38. The van der Waals surface area contributed by atoms with Crippen molar-refractivity contribution in [3.05, 3.63) is 77.9 Å². The molecule has 3 aromatic carbocycles. The van der Waals surface area contributed by atoms with Gasteiger partial charge in [-0.15, -0.1) is 0 Å². The first-order chi connectivity index (χ1) is 19.9. The molecule has 0 amide bonds. The number of aliphatic carboxylic acids is 1. The van der Waals surface area contributed by atoms with E-state index in [0.717, 1.165) is 74.6 Å². The van der Waals surface area contributed by atoms with Gasteiger partial charge in [0.25, 0.3) is 0 Å². The highest BCUT2D eigenvalue weighted by Crippen LogP contribution is 2.32. The number of fused-ring (bicyclic) bond motifs is 1. The lowest BCUT2D eigenvalue weighted by Crippen LogP contribution is -2.45. The molecular weight excluding hydrogens is 564 g/mol. The third kappa shape index (κ3) is 8.54. The first-order valence-electron chi connectivity index (χ1n) is 13.1. The molecule has 1 aliphatic rings. The first kappa shape index (κ1) is 31.0. The van der Waals surface area contributed by atoms with Crippen LogP contribution in [0.25, 0.3) is 33.5 Å². The molecule has 0 bridgehead atoms. The number of aromatic nitrogens is 2. The zero-order chi connectivity index (χ0) is 30.3. The molecular formula is C29H29F6N5O2. The minimum absolute atomic E-state index is 0.369. The third-order valence-corrected chi connectivity index (χ3v) is 6.62. The number of H-pyrrole nitrogens is 1. The molecule has 0 atom stereocenters. The van der Waals surface area contributed by atoms with Crippen LogP contribution in [0.4, 0.5) is 26.3 Å². The van der Waals surface area contributed by atoms with Gasteiger partial charge in [0.1, 0.15) is 5.82 Å². The maximum absolute atomic E-state index is 13.0. The lowest BCUT2D eigenvalue weighted by Gasteiger charge is -2.27. The fourth-order valence-electron chi connectivity index (χ4n) is 4.39. The summed E-state index contributed by atoms with van der Waals surface area (Å²) in [7, 11) is 0. The van der Waals surface area contributed by atoms with Crippen LogP contribution >= 0.6 is 0 Å². The third-order valence-electron chi connectivity index (χ3n) is 6.62. The van der Waals surface area contributed by atoms with E-state index in [0.29, 0.717) is 16.9 Å². The normalized spacial score (nSPS) is 14.4. The fraction of sp³-hybridized carbons (Fsp3) is 0.310. The van der Waals surface area contributed by atoms with E-state index in [2.05, 4.69) is 49.8 Å². The molecule has 2 heterocycles. The summed E-state index contributed by atoms with van der Waals surface area (Å²) in [6.07, 6.45) is -9.47. The van der Waals surface area contributed by atoms with Gasteiger partial charge in [0.2, 0.25) is 0 Å². The highest BCUT2D eigenvalue weighted by molar-refractivity contribution is 5.81. The fourth-order valence-corrected chi connectivity index (χ4v) is 4.39. The van der Waals surface area contributed by atoms with E-state index >= 15 is 0 Å². The molecule has 0 spiro atoms. The molecule has 42 heavy (non-hydrogen) atoms. The Labute approximate surface area is 237 Å². The van der Waals surface area contributed by atoms with Crippen LogP contribution in [0.2, 0.25) is 0 Å². The Bertz CT molecular complexity index is 1480. The van der Waals surface area contributed by atoms with E-state index < -0.39 is 23.9 Å². The Morgan fingerprint density at radius 3 is 2.21 bits per heavy atom. The van der Waals surface area contributed by atoms with Crippen molar-refractivity contribution < 1.29 is 36.2 Å². The average molecular weight is 594 g/mol. The van der Waals surface area contributed by atoms with Crippen molar-refractivity contribution in [2.75, 3.05) is 39.3 Å². The zero-order valence-electron chi connectivity index (χ0n) is 22.3. The molecule has 1 aliphatic heterocycles. The molecule has 0 aliphatic carbocycles. The second-order valence-electron chi connectivity index (χ2n) is 9.66. The molecule has 0 saturated carbocycles. The van der Waals surface area contributed by atoms with Gasteiger partial charge in [-0.05, 0) is 41.0 Å². The van der Waals surface area contributed by atoms with Crippen molar-refractivity contribution in [2.45, 2.75) is 18.9 Å². The number of carbonyl (C=O) groups is 1. The van der Waals surface area contributed by atoms with Gasteiger partial charge in [0, 0.05) is 51.4 Å². The quantitative estimate of drug-likeness (QED) is 0.166. The standard InChI is InChI=1S/C27H28F3N5.C2HF3O2/c28-27(29,30)23-8-9-24-25(17-23)34-26(33-24)22-3-1-2-21(16-22)20-6-4-19(5-7-20)18-32-12-15-35-13-10-31-11-14-35;3-2(4,5)1(6)7/h1-9,16-17,31-32H,10-15,18H2,(H,33,34);(H,6,7). The Morgan fingerprint density at radius 1 is 0.905 bits per heavy atom. The maximum atomic E-state index is 13.0. The molecule has 1 fully saturated rings. The minimum atomic E-state index is -5.08. The average Bonchev–Trinajstić information content (AvgIpc) is 3.40. The van der Waals surface area contributed by atoms with Gasteiger partial charge in [-0.2, -0.15) is 26.3 Å². The molecule has 1 saturated heterocycles. The molecule has 1 aromatic heterocycles. The molecule has 4 aromatic rings. The number of piperazine rings is 1. The van der Waals surface area contributed by atoms with E-state index in [1.807, 2.05) is 24.3 Å². The van der Waals surface area contributed by atoms with Crippen molar-refractivity contribution in [2.24, 2.45) is 0 Å². The van der Waals surface area contributed by atoms with E-state index in [-0.39, 0.29) is 0 Å². The predicted molar refractivity (Wildman–Crippen MR) is 147 cm³/mol.